The number of aromatic nitrogens is 5. The van der Waals surface area contributed by atoms with E-state index >= 15 is 0 Å². The minimum atomic E-state index is -4.39. The lowest BCUT2D eigenvalue weighted by Gasteiger charge is -2.22. The second kappa shape index (κ2) is 7.88. The molecule has 32 heavy (non-hydrogen) atoms. The van der Waals surface area contributed by atoms with Crippen molar-refractivity contribution in [1.82, 2.24) is 24.9 Å². The van der Waals surface area contributed by atoms with E-state index in [4.69, 9.17) is 4.52 Å². The van der Waals surface area contributed by atoms with Crippen LogP contribution in [0.15, 0.2) is 29.1 Å². The number of hydrogen-bond donors (Lipinski definition) is 1. The van der Waals surface area contributed by atoms with Crippen molar-refractivity contribution in [2.75, 3.05) is 18.5 Å². The van der Waals surface area contributed by atoms with Gasteiger partial charge in [-0.15, -0.1) is 0 Å². The summed E-state index contributed by atoms with van der Waals surface area (Å²) in [5.74, 6) is -1.87. The van der Waals surface area contributed by atoms with Crippen molar-refractivity contribution in [2.45, 2.75) is 32.0 Å². The standard InChI is InChI=1S/C19H18F4N6O3/c1-28(10-18(3-4-18)17(30)31)16-11(20)9-24-15(25-16)13-8-14(12-2-7-32-27-12)29(26-13)6-5-19(21,22)23/h2,7-9H,3-6,10H2,1H3,(H,30,31). The van der Waals surface area contributed by atoms with Crippen molar-refractivity contribution in [3.05, 3.63) is 30.4 Å². The first kappa shape index (κ1) is 21.7. The predicted molar refractivity (Wildman–Crippen MR) is 102 cm³/mol. The number of anilines is 1. The average molecular weight is 454 g/mol. The largest absolute Gasteiger partial charge is 0.481 e. The first-order valence-corrected chi connectivity index (χ1v) is 9.61. The van der Waals surface area contributed by atoms with E-state index in [0.29, 0.717) is 12.8 Å². The summed E-state index contributed by atoms with van der Waals surface area (Å²) >= 11 is 0. The fourth-order valence-electron chi connectivity index (χ4n) is 3.35. The van der Waals surface area contributed by atoms with Crippen LogP contribution in [0.3, 0.4) is 0 Å². The summed E-state index contributed by atoms with van der Waals surface area (Å²) in [7, 11) is 1.51. The third-order valence-electron chi connectivity index (χ3n) is 5.25. The Morgan fingerprint density at radius 2 is 2.09 bits per heavy atom. The van der Waals surface area contributed by atoms with Gasteiger partial charge in [0.25, 0.3) is 0 Å². The summed E-state index contributed by atoms with van der Waals surface area (Å²) in [5.41, 5.74) is -0.309. The van der Waals surface area contributed by atoms with Crippen molar-refractivity contribution in [2.24, 2.45) is 5.41 Å². The number of carboxylic acids is 1. The second-order valence-electron chi connectivity index (χ2n) is 7.69. The van der Waals surface area contributed by atoms with Crippen molar-refractivity contribution in [3.8, 4) is 22.9 Å². The summed E-state index contributed by atoms with van der Waals surface area (Å²) in [5, 5.41) is 17.3. The Kier molecular flexibility index (Phi) is 5.34. The first-order valence-electron chi connectivity index (χ1n) is 9.61. The van der Waals surface area contributed by atoms with Crippen LogP contribution in [0.5, 0.6) is 0 Å². The van der Waals surface area contributed by atoms with Gasteiger partial charge in [0, 0.05) is 19.7 Å². The van der Waals surface area contributed by atoms with Gasteiger partial charge in [-0.2, -0.15) is 18.3 Å². The number of hydrogen-bond acceptors (Lipinski definition) is 7. The van der Waals surface area contributed by atoms with E-state index in [1.54, 1.807) is 0 Å². The molecular weight excluding hydrogens is 436 g/mol. The van der Waals surface area contributed by atoms with E-state index in [1.807, 2.05) is 0 Å². The van der Waals surface area contributed by atoms with E-state index in [-0.39, 0.29) is 35.3 Å². The maximum absolute atomic E-state index is 14.4. The molecule has 170 valence electrons. The molecule has 4 rings (SSSR count). The Balaban J connectivity index is 1.66. The van der Waals surface area contributed by atoms with Crippen LogP contribution < -0.4 is 4.90 Å². The zero-order chi connectivity index (χ0) is 23.1. The summed E-state index contributed by atoms with van der Waals surface area (Å²) in [6.45, 7) is -0.416. The van der Waals surface area contributed by atoms with Gasteiger partial charge in [0.05, 0.1) is 30.3 Å². The highest BCUT2D eigenvalue weighted by atomic mass is 19.4. The van der Waals surface area contributed by atoms with Crippen LogP contribution >= 0.6 is 0 Å². The third-order valence-corrected chi connectivity index (χ3v) is 5.25. The number of rotatable bonds is 8. The Hall–Kier alpha value is -3.51. The average Bonchev–Trinajstić information content (AvgIpc) is 3.14. The van der Waals surface area contributed by atoms with Gasteiger partial charge in [0.2, 0.25) is 0 Å². The van der Waals surface area contributed by atoms with Crippen LogP contribution in [-0.4, -0.2) is 55.7 Å². The number of alkyl halides is 3. The maximum Gasteiger partial charge on any atom is 0.390 e. The molecule has 1 saturated carbocycles. The van der Waals surface area contributed by atoms with E-state index in [2.05, 4.69) is 20.2 Å². The van der Waals surface area contributed by atoms with Gasteiger partial charge < -0.3 is 14.5 Å². The summed E-state index contributed by atoms with van der Waals surface area (Å²) in [4.78, 5) is 20.9. The van der Waals surface area contributed by atoms with Crippen LogP contribution in [0, 0.1) is 11.2 Å². The van der Waals surface area contributed by atoms with Gasteiger partial charge in [0.1, 0.15) is 17.7 Å². The van der Waals surface area contributed by atoms with Crippen LogP contribution in [0.4, 0.5) is 23.4 Å². The van der Waals surface area contributed by atoms with E-state index in [1.165, 1.54) is 30.3 Å². The zero-order valence-corrected chi connectivity index (χ0v) is 16.8. The molecule has 0 unspecified atom stereocenters. The van der Waals surface area contributed by atoms with Crippen molar-refractivity contribution >= 4 is 11.8 Å². The molecule has 0 spiro atoms. The van der Waals surface area contributed by atoms with Crippen LogP contribution in [0.25, 0.3) is 22.9 Å². The number of halogens is 4. The third kappa shape index (κ3) is 4.41. The van der Waals surface area contributed by atoms with Gasteiger partial charge in [0.15, 0.2) is 17.5 Å². The molecule has 9 nitrogen and oxygen atoms in total. The summed E-state index contributed by atoms with van der Waals surface area (Å²) < 4.78 is 58.5. The van der Waals surface area contributed by atoms with Gasteiger partial charge in [-0.05, 0) is 18.9 Å². The van der Waals surface area contributed by atoms with Crippen LogP contribution in [0.1, 0.15) is 19.3 Å². The number of aryl methyl sites for hydroxylation is 1. The summed E-state index contributed by atoms with van der Waals surface area (Å²) in [6, 6.07) is 2.90. The highest BCUT2D eigenvalue weighted by molar-refractivity contribution is 5.78. The second-order valence-corrected chi connectivity index (χ2v) is 7.69. The number of carboxylic acid groups (broad SMARTS) is 1. The first-order chi connectivity index (χ1) is 15.1. The molecule has 1 aliphatic rings. The molecular formula is C19H18F4N6O3. The Morgan fingerprint density at radius 1 is 1.34 bits per heavy atom. The number of nitrogens with zero attached hydrogens (tertiary/aromatic N) is 6. The normalized spacial score (nSPS) is 15.0. The van der Waals surface area contributed by atoms with Gasteiger partial charge in [-0.1, -0.05) is 5.16 Å². The highest BCUT2D eigenvalue weighted by Gasteiger charge is 2.51. The Bertz CT molecular complexity index is 1120. The molecule has 0 amide bonds. The molecule has 0 aromatic carbocycles. The molecule has 1 fully saturated rings. The Labute approximate surface area is 178 Å². The van der Waals surface area contributed by atoms with Gasteiger partial charge >= 0.3 is 12.1 Å². The van der Waals surface area contributed by atoms with Crippen molar-refractivity contribution in [3.63, 3.8) is 0 Å². The zero-order valence-electron chi connectivity index (χ0n) is 16.8. The van der Waals surface area contributed by atoms with Crippen molar-refractivity contribution in [1.29, 1.82) is 0 Å². The van der Waals surface area contributed by atoms with Gasteiger partial charge in [-0.3, -0.25) is 9.48 Å². The van der Waals surface area contributed by atoms with Crippen molar-refractivity contribution < 1.29 is 32.0 Å². The minimum absolute atomic E-state index is 0.0241. The molecule has 1 N–H and O–H groups in total. The van der Waals surface area contributed by atoms with Crippen LogP contribution in [0.2, 0.25) is 0 Å². The maximum atomic E-state index is 14.4. The SMILES string of the molecule is CN(CC1(C(=O)O)CC1)c1nc(-c2cc(-c3ccon3)n(CCC(F)(F)F)n2)ncc1F. The molecule has 0 bridgehead atoms. The fraction of sp³-hybridized carbons (Fsp3) is 0.421. The molecule has 3 heterocycles. The molecule has 13 heteroatoms. The molecule has 3 aromatic rings. The molecule has 0 atom stereocenters. The molecule has 0 saturated heterocycles. The lowest BCUT2D eigenvalue weighted by Crippen LogP contribution is -2.33. The predicted octanol–water partition coefficient (Wildman–Crippen LogP) is 3.39. The summed E-state index contributed by atoms with van der Waals surface area (Å²) in [6.07, 6.45) is -2.35. The van der Waals surface area contributed by atoms with E-state index in [9.17, 15) is 27.5 Å². The lowest BCUT2D eigenvalue weighted by molar-refractivity contribution is -0.143. The number of carbonyl (C=O) groups is 1. The molecule has 0 radical (unpaired) electrons. The topological polar surface area (TPSA) is 110 Å². The monoisotopic (exact) mass is 454 g/mol. The van der Waals surface area contributed by atoms with Gasteiger partial charge in [-0.25, -0.2) is 14.4 Å². The molecule has 1 aliphatic carbocycles. The van der Waals surface area contributed by atoms with Crippen LogP contribution in [-0.2, 0) is 11.3 Å². The van der Waals surface area contributed by atoms with E-state index in [0.717, 1.165) is 10.9 Å². The highest BCUT2D eigenvalue weighted by Crippen LogP contribution is 2.46. The minimum Gasteiger partial charge on any atom is -0.481 e. The molecule has 3 aromatic heterocycles. The quantitative estimate of drug-likeness (QED) is 0.516. The Morgan fingerprint density at radius 3 is 2.69 bits per heavy atom. The lowest BCUT2D eigenvalue weighted by atomic mass is 10.1. The number of aliphatic carboxylic acids is 1. The van der Waals surface area contributed by atoms with E-state index < -0.39 is 36.3 Å². The fourth-order valence-corrected chi connectivity index (χ4v) is 3.35. The smallest absolute Gasteiger partial charge is 0.390 e. The molecule has 0 aliphatic heterocycles.